The number of hydrogen-bond donors (Lipinski definition) is 2. The van der Waals surface area contributed by atoms with Crippen LogP contribution in [-0.2, 0) is 11.2 Å². The van der Waals surface area contributed by atoms with Crippen LogP contribution in [0.15, 0.2) is 53.3 Å². The zero-order valence-electron chi connectivity index (χ0n) is 16.2. The lowest BCUT2D eigenvalue weighted by Crippen LogP contribution is -2.32. The smallest absolute Gasteiger partial charge is 0.262 e. The number of hydrogen-bond acceptors (Lipinski definition) is 3. The summed E-state index contributed by atoms with van der Waals surface area (Å²) in [4.78, 5) is 28.6. The van der Waals surface area contributed by atoms with Gasteiger partial charge in [0.2, 0.25) is 5.91 Å². The first-order chi connectivity index (χ1) is 13.5. The zero-order valence-corrected chi connectivity index (χ0v) is 17.0. The predicted molar refractivity (Wildman–Crippen MR) is 116 cm³/mol. The Bertz CT molecular complexity index is 1080. The third-order valence-corrected chi connectivity index (χ3v) is 5.19. The van der Waals surface area contributed by atoms with E-state index in [-0.39, 0.29) is 16.2 Å². The highest BCUT2D eigenvalue weighted by molar-refractivity contribution is 7.71. The normalized spacial score (nSPS) is 12.1. The summed E-state index contributed by atoms with van der Waals surface area (Å²) in [6.45, 7) is 3.86. The van der Waals surface area contributed by atoms with Crippen molar-refractivity contribution in [2.24, 2.45) is 0 Å². The van der Waals surface area contributed by atoms with Gasteiger partial charge in [-0.25, -0.2) is 0 Å². The van der Waals surface area contributed by atoms with Crippen molar-refractivity contribution in [2.75, 3.05) is 5.32 Å². The largest absolute Gasteiger partial charge is 0.332 e. The van der Waals surface area contributed by atoms with E-state index in [9.17, 15) is 9.59 Å². The predicted octanol–water partition coefficient (Wildman–Crippen LogP) is 4.99. The molecule has 0 spiro atoms. The summed E-state index contributed by atoms with van der Waals surface area (Å²) in [6.07, 6.45) is 4.63. The molecule has 6 heteroatoms. The van der Waals surface area contributed by atoms with Gasteiger partial charge in [-0.2, -0.15) is 0 Å². The van der Waals surface area contributed by atoms with Gasteiger partial charge in [-0.05, 0) is 61.8 Å². The topological polar surface area (TPSA) is 66.9 Å². The van der Waals surface area contributed by atoms with Gasteiger partial charge >= 0.3 is 0 Å². The van der Waals surface area contributed by atoms with E-state index in [4.69, 9.17) is 12.2 Å². The van der Waals surface area contributed by atoms with Crippen LogP contribution in [0, 0.1) is 4.77 Å². The molecule has 0 aliphatic carbocycles. The Balaban J connectivity index is 1.77. The summed E-state index contributed by atoms with van der Waals surface area (Å²) in [5, 5.41) is 3.38. The van der Waals surface area contributed by atoms with Crippen LogP contribution in [0.3, 0.4) is 0 Å². The standard InChI is InChI=1S/C22H25N3O2S/c1-3-4-5-8-16-11-13-17(14-12-16)23-20(26)15(2)25-21(27)18-9-6-7-10-19(18)24-22(25)28/h6-7,9-15H,3-5,8H2,1-2H3,(H,23,26)(H,24,28)/t15-/m0/s1. The van der Waals surface area contributed by atoms with E-state index in [0.717, 1.165) is 6.42 Å². The van der Waals surface area contributed by atoms with Crippen LogP contribution in [-0.4, -0.2) is 15.5 Å². The van der Waals surface area contributed by atoms with E-state index in [0.29, 0.717) is 16.6 Å². The number of amides is 1. The number of aryl methyl sites for hydroxylation is 1. The fourth-order valence-corrected chi connectivity index (χ4v) is 3.58. The minimum atomic E-state index is -0.731. The van der Waals surface area contributed by atoms with E-state index in [1.807, 2.05) is 30.3 Å². The molecule has 3 rings (SSSR count). The Morgan fingerprint density at radius 1 is 1.14 bits per heavy atom. The molecule has 0 fully saturated rings. The number of fused-ring (bicyclic) bond motifs is 1. The zero-order chi connectivity index (χ0) is 20.1. The summed E-state index contributed by atoms with van der Waals surface area (Å²) in [7, 11) is 0. The first-order valence-corrected chi connectivity index (χ1v) is 10.1. The Hall–Kier alpha value is -2.73. The van der Waals surface area contributed by atoms with Crippen LogP contribution in [0.1, 0.15) is 44.7 Å². The molecule has 3 aromatic rings. The molecule has 0 aliphatic rings. The fraction of sp³-hybridized carbons (Fsp3) is 0.318. The summed E-state index contributed by atoms with van der Waals surface area (Å²) in [6, 6.07) is 14.3. The average Bonchev–Trinajstić information content (AvgIpc) is 2.69. The lowest BCUT2D eigenvalue weighted by Gasteiger charge is -2.16. The summed E-state index contributed by atoms with van der Waals surface area (Å²) in [5.41, 5.74) is 2.36. The van der Waals surface area contributed by atoms with Crippen LogP contribution in [0.2, 0.25) is 0 Å². The van der Waals surface area contributed by atoms with Gasteiger partial charge in [0.25, 0.3) is 5.56 Å². The Morgan fingerprint density at radius 2 is 1.86 bits per heavy atom. The second-order valence-electron chi connectivity index (χ2n) is 6.97. The van der Waals surface area contributed by atoms with Crippen molar-refractivity contribution in [2.45, 2.75) is 45.6 Å². The van der Waals surface area contributed by atoms with Crippen LogP contribution >= 0.6 is 12.2 Å². The number of aromatic nitrogens is 2. The maximum absolute atomic E-state index is 12.8. The molecule has 2 N–H and O–H groups in total. The minimum Gasteiger partial charge on any atom is -0.332 e. The third-order valence-electron chi connectivity index (χ3n) is 4.89. The van der Waals surface area contributed by atoms with Crippen molar-refractivity contribution in [3.63, 3.8) is 0 Å². The number of H-pyrrole nitrogens is 1. The van der Waals surface area contributed by atoms with Crippen LogP contribution in [0.4, 0.5) is 5.69 Å². The lowest BCUT2D eigenvalue weighted by atomic mass is 10.1. The van der Waals surface area contributed by atoms with Gasteiger partial charge in [0.05, 0.1) is 10.9 Å². The van der Waals surface area contributed by atoms with Crippen molar-refractivity contribution in [1.82, 2.24) is 9.55 Å². The highest BCUT2D eigenvalue weighted by atomic mass is 32.1. The second kappa shape index (κ2) is 8.97. The van der Waals surface area contributed by atoms with Crippen molar-refractivity contribution in [3.05, 3.63) is 69.2 Å². The summed E-state index contributed by atoms with van der Waals surface area (Å²) < 4.78 is 1.56. The number of unbranched alkanes of at least 4 members (excludes halogenated alkanes) is 2. The number of para-hydroxylation sites is 1. The van der Waals surface area contributed by atoms with Crippen molar-refractivity contribution in [3.8, 4) is 0 Å². The van der Waals surface area contributed by atoms with Crippen LogP contribution in [0.5, 0.6) is 0 Å². The molecular weight excluding hydrogens is 370 g/mol. The lowest BCUT2D eigenvalue weighted by molar-refractivity contribution is -0.118. The molecule has 2 aromatic carbocycles. The van der Waals surface area contributed by atoms with Gasteiger partial charge in [-0.15, -0.1) is 0 Å². The molecule has 0 saturated carbocycles. The number of nitrogens with one attached hydrogen (secondary N) is 2. The third kappa shape index (κ3) is 4.39. The number of rotatable bonds is 7. The van der Waals surface area contributed by atoms with Gasteiger partial charge in [0.1, 0.15) is 6.04 Å². The van der Waals surface area contributed by atoms with E-state index in [2.05, 4.69) is 17.2 Å². The number of carbonyl (C=O) groups excluding carboxylic acids is 1. The first-order valence-electron chi connectivity index (χ1n) is 9.64. The Morgan fingerprint density at radius 3 is 2.57 bits per heavy atom. The molecule has 1 atom stereocenters. The van der Waals surface area contributed by atoms with Crippen LogP contribution < -0.4 is 10.9 Å². The number of carbonyl (C=O) groups is 1. The molecular formula is C22H25N3O2S. The number of benzene rings is 2. The Labute approximate surface area is 169 Å². The van der Waals surface area contributed by atoms with E-state index in [1.165, 1.54) is 29.4 Å². The molecule has 0 aliphatic heterocycles. The highest BCUT2D eigenvalue weighted by Gasteiger charge is 2.19. The molecule has 1 aromatic heterocycles. The maximum Gasteiger partial charge on any atom is 0.262 e. The number of anilines is 1. The molecule has 0 saturated heterocycles. The number of nitrogens with zero attached hydrogens (tertiary/aromatic N) is 1. The van der Waals surface area contributed by atoms with Crippen LogP contribution in [0.25, 0.3) is 10.9 Å². The second-order valence-corrected chi connectivity index (χ2v) is 7.36. The van der Waals surface area contributed by atoms with Crippen molar-refractivity contribution >= 4 is 34.7 Å². The minimum absolute atomic E-state index is 0.234. The molecule has 0 unspecified atom stereocenters. The highest BCUT2D eigenvalue weighted by Crippen LogP contribution is 2.15. The van der Waals surface area contributed by atoms with Gasteiger partial charge in [-0.3, -0.25) is 14.2 Å². The van der Waals surface area contributed by atoms with Crippen molar-refractivity contribution < 1.29 is 4.79 Å². The maximum atomic E-state index is 12.8. The molecule has 1 heterocycles. The average molecular weight is 396 g/mol. The SMILES string of the molecule is CCCCCc1ccc(NC(=O)[C@H](C)n2c(=S)[nH]c3ccccc3c2=O)cc1. The summed E-state index contributed by atoms with van der Waals surface area (Å²) >= 11 is 5.32. The first kappa shape index (κ1) is 20.0. The molecule has 146 valence electrons. The van der Waals surface area contributed by atoms with Gasteiger partial charge in [0.15, 0.2) is 4.77 Å². The van der Waals surface area contributed by atoms with Gasteiger partial charge < -0.3 is 10.3 Å². The monoisotopic (exact) mass is 395 g/mol. The quantitative estimate of drug-likeness (QED) is 0.437. The van der Waals surface area contributed by atoms with Crippen molar-refractivity contribution in [1.29, 1.82) is 0 Å². The molecule has 1 amide bonds. The Kier molecular flexibility index (Phi) is 6.41. The molecule has 28 heavy (non-hydrogen) atoms. The van der Waals surface area contributed by atoms with Gasteiger partial charge in [0, 0.05) is 5.69 Å². The molecule has 0 radical (unpaired) electrons. The molecule has 5 nitrogen and oxygen atoms in total. The fourth-order valence-electron chi connectivity index (χ4n) is 3.23. The van der Waals surface area contributed by atoms with E-state index >= 15 is 0 Å². The van der Waals surface area contributed by atoms with Gasteiger partial charge in [-0.1, -0.05) is 44.0 Å². The number of aromatic amines is 1. The summed E-state index contributed by atoms with van der Waals surface area (Å²) in [5.74, 6) is -0.282. The molecule has 0 bridgehead atoms. The van der Waals surface area contributed by atoms with E-state index < -0.39 is 6.04 Å². The van der Waals surface area contributed by atoms with E-state index in [1.54, 1.807) is 25.1 Å².